The fourth-order valence-electron chi connectivity index (χ4n) is 1.96. The highest BCUT2D eigenvalue weighted by Gasteiger charge is 2.18. The van der Waals surface area contributed by atoms with Crippen LogP contribution < -0.4 is 15.4 Å². The summed E-state index contributed by atoms with van der Waals surface area (Å²) >= 11 is 6.08. The predicted molar refractivity (Wildman–Crippen MR) is 74.3 cm³/mol. The molecule has 0 bridgehead atoms. The smallest absolute Gasteiger partial charge is 0.145 e. The highest BCUT2D eigenvalue weighted by atomic mass is 35.5. The van der Waals surface area contributed by atoms with Crippen molar-refractivity contribution in [2.75, 3.05) is 25.6 Å². The number of ether oxygens (including phenoxy) is 1. The van der Waals surface area contributed by atoms with Gasteiger partial charge in [0, 0.05) is 24.2 Å². The number of benzene rings is 1. The topological polar surface area (TPSA) is 38.5 Å². The molecule has 17 heavy (non-hydrogen) atoms. The van der Waals surface area contributed by atoms with Crippen molar-refractivity contribution in [3.05, 3.63) is 22.7 Å². The fourth-order valence-corrected chi connectivity index (χ4v) is 2.22. The first-order valence-electron chi connectivity index (χ1n) is 5.59. The van der Waals surface area contributed by atoms with E-state index in [1.165, 1.54) is 0 Å². The average Bonchev–Trinajstić information content (AvgIpc) is 2.13. The Morgan fingerprint density at radius 3 is 2.47 bits per heavy atom. The number of methoxy groups -OCH3 is 1. The molecule has 0 radical (unpaired) electrons. The molecule has 4 heteroatoms. The van der Waals surface area contributed by atoms with Crippen molar-refractivity contribution in [1.82, 2.24) is 0 Å². The molecule has 0 heterocycles. The van der Waals surface area contributed by atoms with E-state index in [0.717, 1.165) is 23.5 Å². The number of nitrogens with zero attached hydrogens (tertiary/aromatic N) is 1. The first-order chi connectivity index (χ1) is 7.74. The molecule has 2 N–H and O–H groups in total. The van der Waals surface area contributed by atoms with E-state index in [2.05, 4.69) is 4.90 Å². The van der Waals surface area contributed by atoms with Crippen molar-refractivity contribution >= 4 is 17.3 Å². The van der Waals surface area contributed by atoms with Gasteiger partial charge in [0.25, 0.3) is 0 Å². The molecule has 96 valence electrons. The molecular weight excluding hydrogens is 236 g/mol. The third-order valence-corrected chi connectivity index (χ3v) is 2.70. The molecule has 0 unspecified atom stereocenters. The SMILES string of the molecule is COc1c(C)cc(Cl)cc1N(C)CC(C)(C)N. The van der Waals surface area contributed by atoms with Crippen molar-refractivity contribution in [1.29, 1.82) is 0 Å². The Kier molecular flexibility index (Phi) is 4.28. The zero-order valence-corrected chi connectivity index (χ0v) is 11.9. The van der Waals surface area contributed by atoms with Crippen molar-refractivity contribution in [3.8, 4) is 5.75 Å². The van der Waals surface area contributed by atoms with Gasteiger partial charge in [-0.05, 0) is 38.5 Å². The van der Waals surface area contributed by atoms with E-state index in [4.69, 9.17) is 22.1 Å². The van der Waals surface area contributed by atoms with Crippen LogP contribution in [0.15, 0.2) is 12.1 Å². The van der Waals surface area contributed by atoms with E-state index in [0.29, 0.717) is 5.02 Å². The van der Waals surface area contributed by atoms with Crippen LogP contribution in [0.4, 0.5) is 5.69 Å². The minimum absolute atomic E-state index is 0.268. The molecule has 0 aromatic heterocycles. The summed E-state index contributed by atoms with van der Waals surface area (Å²) in [4.78, 5) is 2.07. The Bertz CT molecular complexity index is 399. The largest absolute Gasteiger partial charge is 0.494 e. The zero-order chi connectivity index (χ0) is 13.2. The van der Waals surface area contributed by atoms with Gasteiger partial charge in [0.05, 0.1) is 12.8 Å². The summed E-state index contributed by atoms with van der Waals surface area (Å²) in [6, 6.07) is 3.80. The number of halogens is 1. The Morgan fingerprint density at radius 1 is 1.41 bits per heavy atom. The Morgan fingerprint density at radius 2 is 2.00 bits per heavy atom. The van der Waals surface area contributed by atoms with Crippen LogP contribution in [0, 0.1) is 6.92 Å². The van der Waals surface area contributed by atoms with Crippen molar-refractivity contribution in [3.63, 3.8) is 0 Å². The Labute approximate surface area is 109 Å². The lowest BCUT2D eigenvalue weighted by molar-refractivity contribution is 0.410. The fraction of sp³-hybridized carbons (Fsp3) is 0.538. The quantitative estimate of drug-likeness (QED) is 0.900. The number of likely N-dealkylation sites (N-methyl/N-ethyl adjacent to an activating group) is 1. The first-order valence-corrected chi connectivity index (χ1v) is 5.96. The molecule has 1 aromatic carbocycles. The summed E-state index contributed by atoms with van der Waals surface area (Å²) in [5, 5.41) is 0.708. The van der Waals surface area contributed by atoms with Crippen LogP contribution in [0.25, 0.3) is 0 Å². The zero-order valence-electron chi connectivity index (χ0n) is 11.2. The molecule has 0 spiro atoms. The minimum Gasteiger partial charge on any atom is -0.494 e. The Hall–Kier alpha value is -0.930. The van der Waals surface area contributed by atoms with E-state index in [-0.39, 0.29) is 5.54 Å². The second-order valence-corrected chi connectivity index (χ2v) is 5.56. The van der Waals surface area contributed by atoms with Gasteiger partial charge in [-0.2, -0.15) is 0 Å². The van der Waals surface area contributed by atoms with Gasteiger partial charge in [0.15, 0.2) is 0 Å². The van der Waals surface area contributed by atoms with E-state index in [1.54, 1.807) is 7.11 Å². The van der Waals surface area contributed by atoms with Crippen molar-refractivity contribution < 1.29 is 4.74 Å². The number of anilines is 1. The third kappa shape index (κ3) is 3.79. The second kappa shape index (κ2) is 5.15. The Balaban J connectivity index is 3.11. The first kappa shape index (κ1) is 14.1. The molecule has 1 aromatic rings. The highest BCUT2D eigenvalue weighted by molar-refractivity contribution is 6.31. The number of hydrogen-bond acceptors (Lipinski definition) is 3. The van der Waals surface area contributed by atoms with Crippen LogP contribution in [0.1, 0.15) is 19.4 Å². The van der Waals surface area contributed by atoms with E-state index in [1.807, 2.05) is 40.0 Å². The summed E-state index contributed by atoms with van der Waals surface area (Å²) in [5.74, 6) is 0.848. The molecule has 0 fully saturated rings. The average molecular weight is 257 g/mol. The number of aryl methyl sites for hydroxylation is 1. The maximum atomic E-state index is 6.08. The van der Waals surface area contributed by atoms with Gasteiger partial charge >= 0.3 is 0 Å². The van der Waals surface area contributed by atoms with Crippen LogP contribution in [-0.2, 0) is 0 Å². The molecule has 0 saturated carbocycles. The molecule has 0 aliphatic carbocycles. The van der Waals surface area contributed by atoms with E-state index in [9.17, 15) is 0 Å². The second-order valence-electron chi connectivity index (χ2n) is 5.12. The summed E-state index contributed by atoms with van der Waals surface area (Å²) in [7, 11) is 3.66. The number of rotatable bonds is 4. The van der Waals surface area contributed by atoms with Crippen LogP contribution in [-0.4, -0.2) is 26.2 Å². The van der Waals surface area contributed by atoms with Gasteiger partial charge < -0.3 is 15.4 Å². The summed E-state index contributed by atoms with van der Waals surface area (Å²) in [6.07, 6.45) is 0. The number of hydrogen-bond donors (Lipinski definition) is 1. The van der Waals surface area contributed by atoms with Crippen LogP contribution >= 0.6 is 11.6 Å². The van der Waals surface area contributed by atoms with Crippen molar-refractivity contribution in [2.24, 2.45) is 5.73 Å². The molecule has 0 atom stereocenters. The molecule has 0 aliphatic rings. The number of nitrogens with two attached hydrogens (primary N) is 1. The van der Waals surface area contributed by atoms with Gasteiger partial charge in [-0.25, -0.2) is 0 Å². The monoisotopic (exact) mass is 256 g/mol. The molecule has 1 rings (SSSR count). The van der Waals surface area contributed by atoms with Gasteiger partial charge in [-0.1, -0.05) is 11.6 Å². The normalized spacial score (nSPS) is 11.5. The van der Waals surface area contributed by atoms with Crippen LogP contribution in [0.2, 0.25) is 5.02 Å². The molecule has 3 nitrogen and oxygen atoms in total. The maximum Gasteiger partial charge on any atom is 0.145 e. The van der Waals surface area contributed by atoms with Crippen LogP contribution in [0.5, 0.6) is 5.75 Å². The van der Waals surface area contributed by atoms with Gasteiger partial charge in [-0.3, -0.25) is 0 Å². The molecule has 0 aliphatic heterocycles. The van der Waals surface area contributed by atoms with E-state index >= 15 is 0 Å². The highest BCUT2D eigenvalue weighted by Crippen LogP contribution is 2.34. The summed E-state index contributed by atoms with van der Waals surface area (Å²) in [5.41, 5.74) is 7.75. The lowest BCUT2D eigenvalue weighted by Gasteiger charge is -2.29. The lowest BCUT2D eigenvalue weighted by atomic mass is 10.1. The van der Waals surface area contributed by atoms with Gasteiger partial charge in [-0.15, -0.1) is 0 Å². The molecule has 0 saturated heterocycles. The summed E-state index contributed by atoms with van der Waals surface area (Å²) in [6.45, 7) is 6.69. The van der Waals surface area contributed by atoms with Crippen LogP contribution in [0.3, 0.4) is 0 Å². The maximum absolute atomic E-state index is 6.08. The third-order valence-electron chi connectivity index (χ3n) is 2.48. The standard InChI is InChI=1S/C13H21ClN2O/c1-9-6-10(14)7-11(12(9)17-5)16(4)8-13(2,3)15/h6-7H,8,15H2,1-5H3. The minimum atomic E-state index is -0.268. The molecular formula is C13H21ClN2O. The predicted octanol–water partition coefficient (Wildman–Crippen LogP) is 2.83. The van der Waals surface area contributed by atoms with Gasteiger partial charge in [0.1, 0.15) is 5.75 Å². The lowest BCUT2D eigenvalue weighted by Crippen LogP contribution is -2.44. The van der Waals surface area contributed by atoms with Crippen molar-refractivity contribution in [2.45, 2.75) is 26.3 Å². The summed E-state index contributed by atoms with van der Waals surface area (Å²) < 4.78 is 5.43. The van der Waals surface area contributed by atoms with E-state index < -0.39 is 0 Å². The van der Waals surface area contributed by atoms with Gasteiger partial charge in [0.2, 0.25) is 0 Å². The molecule has 0 amide bonds.